The van der Waals surface area contributed by atoms with Gasteiger partial charge < -0.3 is 49.5 Å². The Hall–Kier alpha value is -2.46. The second-order valence-corrected chi connectivity index (χ2v) is 7.42. The monoisotopic (exact) mass is 419 g/mol. The molecule has 0 heterocycles. The van der Waals surface area contributed by atoms with Crippen LogP contribution in [0.2, 0.25) is 0 Å². The predicted molar refractivity (Wildman–Crippen MR) is 127 cm³/mol. The molecule has 9 heteroatoms. The molecule has 0 aliphatic rings. The number of anilines is 1. The van der Waals surface area contributed by atoms with E-state index in [2.05, 4.69) is 33.2 Å². The lowest BCUT2D eigenvalue weighted by molar-refractivity contribution is 0.448. The molecule has 170 valence electrons. The smallest absolute Gasteiger partial charge is 0.140 e. The van der Waals surface area contributed by atoms with E-state index in [4.69, 9.17) is 22.9 Å². The second-order valence-electron chi connectivity index (χ2n) is 7.42. The van der Waals surface area contributed by atoms with Crippen molar-refractivity contribution in [1.82, 2.24) is 26.6 Å². The Kier molecular flexibility index (Phi) is 12.4. The largest absolute Gasteiger partial charge is 0.399 e. The van der Waals surface area contributed by atoms with Gasteiger partial charge in [-0.25, -0.2) is 0 Å². The Morgan fingerprint density at radius 3 is 2.20 bits per heavy atom. The van der Waals surface area contributed by atoms with Crippen LogP contribution in [0.1, 0.15) is 19.4 Å². The third-order valence-corrected chi connectivity index (χ3v) is 4.61. The van der Waals surface area contributed by atoms with Crippen LogP contribution in [0.15, 0.2) is 48.1 Å². The van der Waals surface area contributed by atoms with Gasteiger partial charge in [-0.15, -0.1) is 0 Å². The van der Waals surface area contributed by atoms with Gasteiger partial charge in [0.25, 0.3) is 0 Å². The van der Waals surface area contributed by atoms with Gasteiger partial charge in [0, 0.05) is 63.6 Å². The van der Waals surface area contributed by atoms with Crippen LogP contribution in [0.5, 0.6) is 0 Å². The Morgan fingerprint density at radius 1 is 1.00 bits per heavy atom. The van der Waals surface area contributed by atoms with Gasteiger partial charge in [-0.1, -0.05) is 24.3 Å². The van der Waals surface area contributed by atoms with E-state index in [-0.39, 0.29) is 17.9 Å². The van der Waals surface area contributed by atoms with E-state index >= 15 is 0 Å². The average molecular weight is 420 g/mol. The van der Waals surface area contributed by atoms with E-state index in [1.165, 1.54) is 5.56 Å². The number of rotatable bonds is 16. The first-order chi connectivity index (χ1) is 14.3. The quantitative estimate of drug-likeness (QED) is 0.0933. The van der Waals surface area contributed by atoms with Crippen LogP contribution in [0.25, 0.3) is 0 Å². The number of hydrogen-bond acceptors (Lipinski definition) is 9. The van der Waals surface area contributed by atoms with Crippen molar-refractivity contribution in [2.75, 3.05) is 45.0 Å². The van der Waals surface area contributed by atoms with Gasteiger partial charge in [0.1, 0.15) is 11.6 Å². The first-order valence-corrected chi connectivity index (χ1v) is 10.5. The van der Waals surface area contributed by atoms with E-state index in [1.54, 1.807) is 0 Å². The molecule has 1 aromatic carbocycles. The van der Waals surface area contributed by atoms with Gasteiger partial charge in [0.2, 0.25) is 0 Å². The fraction of sp³-hybridized carbons (Fsp3) is 0.524. The molecule has 0 fully saturated rings. The highest BCUT2D eigenvalue weighted by molar-refractivity contribution is 5.39. The first kappa shape index (κ1) is 25.6. The van der Waals surface area contributed by atoms with E-state index in [0.717, 1.165) is 50.5 Å². The van der Waals surface area contributed by atoms with Gasteiger partial charge >= 0.3 is 0 Å². The lowest BCUT2D eigenvalue weighted by Gasteiger charge is -2.23. The standard InChI is InChI=1S/C21H41N9/c1-4-28-21(20(24)25)30-13-18(29-11-16-5-7-17(22)8-6-16)12-26-9-10-27-14-19(23)15(2)3/h5-8,18-19,26-30H,2,4,9-14,22-25H2,1,3H3/t18?,19-/m1/s1. The van der Waals surface area contributed by atoms with Gasteiger partial charge in [-0.3, -0.25) is 0 Å². The minimum atomic E-state index is -0.0125. The van der Waals surface area contributed by atoms with Crippen LogP contribution in [0, 0.1) is 0 Å². The summed E-state index contributed by atoms with van der Waals surface area (Å²) in [6.45, 7) is 13.1. The van der Waals surface area contributed by atoms with Gasteiger partial charge in [0.05, 0.1) is 0 Å². The van der Waals surface area contributed by atoms with Gasteiger partial charge in [0.15, 0.2) is 0 Å². The van der Waals surface area contributed by atoms with Crippen molar-refractivity contribution >= 4 is 5.69 Å². The van der Waals surface area contributed by atoms with Crippen molar-refractivity contribution in [3.05, 3.63) is 53.6 Å². The summed E-state index contributed by atoms with van der Waals surface area (Å²) in [6.07, 6.45) is 0. The van der Waals surface area contributed by atoms with E-state index in [1.807, 2.05) is 38.1 Å². The van der Waals surface area contributed by atoms with E-state index in [0.29, 0.717) is 12.4 Å². The maximum atomic E-state index is 5.96. The minimum Gasteiger partial charge on any atom is -0.399 e. The van der Waals surface area contributed by atoms with Crippen molar-refractivity contribution in [2.24, 2.45) is 17.2 Å². The Morgan fingerprint density at radius 2 is 1.63 bits per heavy atom. The molecule has 1 aromatic rings. The highest BCUT2D eigenvalue weighted by Gasteiger charge is 2.10. The van der Waals surface area contributed by atoms with Gasteiger partial charge in [-0.2, -0.15) is 0 Å². The number of nitrogens with one attached hydrogen (secondary N) is 5. The predicted octanol–water partition coefficient (Wildman–Crippen LogP) is -0.947. The lowest BCUT2D eigenvalue weighted by atomic mass is 10.1. The Balaban J connectivity index is 2.49. The molecular formula is C21H41N9. The zero-order valence-corrected chi connectivity index (χ0v) is 18.4. The molecule has 0 aliphatic carbocycles. The number of nitrogen functional groups attached to an aromatic ring is 1. The minimum absolute atomic E-state index is 0.0125. The molecule has 0 bridgehead atoms. The zero-order valence-electron chi connectivity index (χ0n) is 18.4. The summed E-state index contributed by atoms with van der Waals surface area (Å²) in [5, 5.41) is 16.8. The summed E-state index contributed by atoms with van der Waals surface area (Å²) in [7, 11) is 0. The molecule has 13 N–H and O–H groups in total. The van der Waals surface area contributed by atoms with E-state index < -0.39 is 0 Å². The van der Waals surface area contributed by atoms with Crippen molar-refractivity contribution in [1.29, 1.82) is 0 Å². The molecule has 0 aliphatic heterocycles. The fourth-order valence-electron chi connectivity index (χ4n) is 2.67. The van der Waals surface area contributed by atoms with E-state index in [9.17, 15) is 0 Å². The third-order valence-electron chi connectivity index (χ3n) is 4.61. The van der Waals surface area contributed by atoms with Crippen molar-refractivity contribution < 1.29 is 0 Å². The van der Waals surface area contributed by atoms with Crippen LogP contribution < -0.4 is 49.5 Å². The molecule has 0 radical (unpaired) electrons. The molecule has 0 aromatic heterocycles. The van der Waals surface area contributed by atoms with Crippen molar-refractivity contribution in [2.45, 2.75) is 32.5 Å². The summed E-state index contributed by atoms with van der Waals surface area (Å²) in [4.78, 5) is 0. The second kappa shape index (κ2) is 14.5. The molecule has 0 saturated heterocycles. The maximum absolute atomic E-state index is 5.96. The fourth-order valence-corrected chi connectivity index (χ4v) is 2.67. The first-order valence-electron chi connectivity index (χ1n) is 10.5. The molecule has 9 nitrogen and oxygen atoms in total. The SMILES string of the molecule is C=C(C)[C@H](N)CNCCNCC(CNC(NCC)=C(N)N)NCc1ccc(N)cc1. The normalized spacial score (nSPS) is 12.8. The molecule has 0 spiro atoms. The van der Waals surface area contributed by atoms with Crippen molar-refractivity contribution in [3.63, 3.8) is 0 Å². The van der Waals surface area contributed by atoms with Crippen molar-refractivity contribution in [3.8, 4) is 0 Å². The number of hydrogen-bond donors (Lipinski definition) is 9. The van der Waals surface area contributed by atoms with Gasteiger partial charge in [-0.05, 0) is 31.5 Å². The summed E-state index contributed by atoms with van der Waals surface area (Å²) in [5.41, 5.74) is 26.1. The Bertz CT molecular complexity index is 638. The highest BCUT2D eigenvalue weighted by Crippen LogP contribution is 2.05. The third kappa shape index (κ3) is 10.9. The highest BCUT2D eigenvalue weighted by atomic mass is 15.1. The van der Waals surface area contributed by atoms with Crippen LogP contribution in [0.4, 0.5) is 5.69 Å². The maximum Gasteiger partial charge on any atom is 0.140 e. The molecular weight excluding hydrogens is 378 g/mol. The summed E-state index contributed by atoms with van der Waals surface area (Å²) in [5.74, 6) is 0.910. The summed E-state index contributed by atoms with van der Waals surface area (Å²) in [6, 6.07) is 8.01. The zero-order chi connectivity index (χ0) is 22.4. The molecule has 0 amide bonds. The van der Waals surface area contributed by atoms with Crippen LogP contribution >= 0.6 is 0 Å². The number of benzene rings is 1. The molecule has 1 unspecified atom stereocenters. The van der Waals surface area contributed by atoms with Crippen LogP contribution in [0.3, 0.4) is 0 Å². The molecule has 30 heavy (non-hydrogen) atoms. The molecule has 2 atom stereocenters. The molecule has 1 rings (SSSR count). The molecule has 0 saturated carbocycles. The number of nitrogens with two attached hydrogens (primary N) is 4. The summed E-state index contributed by atoms with van der Waals surface area (Å²) >= 11 is 0. The average Bonchev–Trinajstić information content (AvgIpc) is 2.71. The lowest BCUT2D eigenvalue weighted by Crippen LogP contribution is -2.48. The van der Waals surface area contributed by atoms with Crippen LogP contribution in [-0.4, -0.2) is 51.4 Å². The topological polar surface area (TPSA) is 164 Å². The Labute approximate surface area is 181 Å². The van der Waals surface area contributed by atoms with Crippen LogP contribution in [-0.2, 0) is 6.54 Å². The summed E-state index contributed by atoms with van der Waals surface area (Å²) < 4.78 is 0.